The van der Waals surface area contributed by atoms with Gasteiger partial charge in [-0.15, -0.1) is 0 Å². The van der Waals surface area contributed by atoms with E-state index >= 15 is 0 Å². The Morgan fingerprint density at radius 3 is 2.71 bits per heavy atom. The summed E-state index contributed by atoms with van der Waals surface area (Å²) in [5.41, 5.74) is 4.91. The molecule has 1 atom stereocenters. The Hall–Kier alpha value is -2.13. The predicted molar refractivity (Wildman–Crippen MR) is 79.2 cm³/mol. The van der Waals surface area contributed by atoms with Crippen molar-refractivity contribution in [3.05, 3.63) is 59.2 Å². The van der Waals surface area contributed by atoms with Crippen LogP contribution in [0.15, 0.2) is 42.5 Å². The molecule has 1 unspecified atom stereocenters. The van der Waals surface area contributed by atoms with Crippen molar-refractivity contribution in [2.24, 2.45) is 0 Å². The number of hydrogen-bond donors (Lipinski definition) is 0. The normalized spacial score (nSPS) is 22.1. The van der Waals surface area contributed by atoms with Gasteiger partial charge in [0.2, 0.25) is 0 Å². The number of esters is 1. The number of rotatable bonds is 1. The molecule has 2 aliphatic rings. The third-order valence-electron chi connectivity index (χ3n) is 4.55. The number of hydrogen-bond acceptors (Lipinski definition) is 3. The second kappa shape index (κ2) is 4.43. The Labute approximate surface area is 123 Å². The van der Waals surface area contributed by atoms with E-state index in [0.717, 1.165) is 25.0 Å². The molecule has 2 aromatic rings. The highest BCUT2D eigenvalue weighted by atomic mass is 16.5. The second-order valence-corrected chi connectivity index (χ2v) is 5.58. The van der Waals surface area contributed by atoms with Crippen molar-refractivity contribution in [3.63, 3.8) is 0 Å². The fraction of sp³-hybridized carbons (Fsp3) is 0.278. The highest BCUT2D eigenvalue weighted by molar-refractivity contribution is 5.92. The van der Waals surface area contributed by atoms with Gasteiger partial charge in [0.15, 0.2) is 0 Å². The largest absolute Gasteiger partial charge is 0.465 e. The van der Waals surface area contributed by atoms with Crippen LogP contribution in [0.5, 0.6) is 0 Å². The van der Waals surface area contributed by atoms with Crippen molar-refractivity contribution in [3.8, 4) is 11.1 Å². The van der Waals surface area contributed by atoms with Gasteiger partial charge < -0.3 is 9.47 Å². The van der Waals surface area contributed by atoms with Crippen molar-refractivity contribution in [2.75, 3.05) is 13.7 Å². The summed E-state index contributed by atoms with van der Waals surface area (Å²) < 4.78 is 11.0. The first-order valence-electron chi connectivity index (χ1n) is 7.23. The van der Waals surface area contributed by atoms with Crippen LogP contribution in [0, 0.1) is 0 Å². The maximum atomic E-state index is 11.8. The number of ether oxygens (including phenoxy) is 2. The van der Waals surface area contributed by atoms with Crippen LogP contribution >= 0.6 is 0 Å². The maximum Gasteiger partial charge on any atom is 0.337 e. The van der Waals surface area contributed by atoms with Gasteiger partial charge in [0.25, 0.3) is 0 Å². The summed E-state index contributed by atoms with van der Waals surface area (Å²) in [5, 5.41) is 0. The van der Waals surface area contributed by atoms with Crippen molar-refractivity contribution >= 4 is 5.97 Å². The van der Waals surface area contributed by atoms with Gasteiger partial charge in [-0.3, -0.25) is 0 Å². The zero-order chi connectivity index (χ0) is 14.4. The van der Waals surface area contributed by atoms with Crippen molar-refractivity contribution < 1.29 is 14.3 Å². The first-order chi connectivity index (χ1) is 10.3. The number of fused-ring (bicyclic) bond motifs is 5. The lowest BCUT2D eigenvalue weighted by molar-refractivity contribution is 0.0396. The molecule has 1 spiro atoms. The van der Waals surface area contributed by atoms with E-state index in [2.05, 4.69) is 18.2 Å². The summed E-state index contributed by atoms with van der Waals surface area (Å²) in [6.07, 6.45) is 2.00. The highest BCUT2D eigenvalue weighted by Gasteiger charge is 2.46. The van der Waals surface area contributed by atoms with Gasteiger partial charge in [-0.1, -0.05) is 30.3 Å². The van der Waals surface area contributed by atoms with Gasteiger partial charge in [-0.2, -0.15) is 0 Å². The average molecular weight is 280 g/mol. The third-order valence-corrected chi connectivity index (χ3v) is 4.55. The smallest absolute Gasteiger partial charge is 0.337 e. The Morgan fingerprint density at radius 2 is 1.95 bits per heavy atom. The van der Waals surface area contributed by atoms with E-state index < -0.39 is 0 Å². The van der Waals surface area contributed by atoms with Crippen molar-refractivity contribution in [1.82, 2.24) is 0 Å². The van der Waals surface area contributed by atoms with E-state index in [4.69, 9.17) is 9.47 Å². The summed E-state index contributed by atoms with van der Waals surface area (Å²) in [6, 6.07) is 14.1. The van der Waals surface area contributed by atoms with Crippen LogP contribution in [0.4, 0.5) is 0 Å². The average Bonchev–Trinajstić information content (AvgIpc) is 3.13. The minimum Gasteiger partial charge on any atom is -0.465 e. The molecule has 0 bridgehead atoms. The van der Waals surface area contributed by atoms with Gasteiger partial charge in [0.1, 0.15) is 5.60 Å². The first-order valence-corrected chi connectivity index (χ1v) is 7.23. The summed E-state index contributed by atoms with van der Waals surface area (Å²) in [6.45, 7) is 0.760. The molecule has 3 heteroatoms. The number of carbonyl (C=O) groups is 1. The second-order valence-electron chi connectivity index (χ2n) is 5.58. The molecule has 0 aromatic heterocycles. The number of benzene rings is 2. The van der Waals surface area contributed by atoms with Gasteiger partial charge in [-0.25, -0.2) is 4.79 Å². The minimum atomic E-state index is -0.379. The van der Waals surface area contributed by atoms with Crippen LogP contribution in [0.1, 0.15) is 34.3 Å². The molecule has 0 saturated carbocycles. The monoisotopic (exact) mass is 280 g/mol. The molecule has 0 radical (unpaired) electrons. The van der Waals surface area contributed by atoms with Gasteiger partial charge >= 0.3 is 5.97 Å². The maximum absolute atomic E-state index is 11.8. The van der Waals surface area contributed by atoms with Crippen LogP contribution in [0.2, 0.25) is 0 Å². The molecule has 1 aliphatic carbocycles. The van der Waals surface area contributed by atoms with Crippen LogP contribution in [-0.4, -0.2) is 19.7 Å². The Kier molecular flexibility index (Phi) is 2.66. The molecule has 21 heavy (non-hydrogen) atoms. The lowest BCUT2D eigenvalue weighted by atomic mass is 9.88. The molecular formula is C18H16O3. The fourth-order valence-electron chi connectivity index (χ4n) is 3.64. The quantitative estimate of drug-likeness (QED) is 0.750. The Balaban J connectivity index is 1.97. The van der Waals surface area contributed by atoms with E-state index in [1.165, 1.54) is 23.8 Å². The lowest BCUT2D eigenvalue weighted by Gasteiger charge is -2.26. The Bertz CT molecular complexity index is 727. The summed E-state index contributed by atoms with van der Waals surface area (Å²) >= 11 is 0. The molecule has 1 fully saturated rings. The molecule has 1 aliphatic heterocycles. The molecule has 3 nitrogen and oxygen atoms in total. The Morgan fingerprint density at radius 1 is 1.14 bits per heavy atom. The predicted octanol–water partition coefficient (Wildman–Crippen LogP) is 3.51. The van der Waals surface area contributed by atoms with E-state index in [1.54, 1.807) is 0 Å². The zero-order valence-electron chi connectivity index (χ0n) is 11.9. The highest BCUT2D eigenvalue weighted by Crippen LogP contribution is 2.54. The molecule has 2 aromatic carbocycles. The zero-order valence-corrected chi connectivity index (χ0v) is 11.9. The molecule has 0 amide bonds. The minimum absolute atomic E-state index is 0.304. The molecule has 4 rings (SSSR count). The van der Waals surface area contributed by atoms with Gasteiger partial charge in [0, 0.05) is 6.61 Å². The molecule has 106 valence electrons. The molecule has 1 heterocycles. The van der Waals surface area contributed by atoms with E-state index in [0.29, 0.717) is 5.56 Å². The topological polar surface area (TPSA) is 35.5 Å². The SMILES string of the molecule is COC(=O)c1ccc2c(c1)C1(CCCO1)c1ccccc1-2. The van der Waals surface area contributed by atoms with Crippen molar-refractivity contribution in [2.45, 2.75) is 18.4 Å². The lowest BCUT2D eigenvalue weighted by Crippen LogP contribution is -2.23. The summed E-state index contributed by atoms with van der Waals surface area (Å²) in [7, 11) is 1.41. The van der Waals surface area contributed by atoms with E-state index in [-0.39, 0.29) is 11.6 Å². The van der Waals surface area contributed by atoms with E-state index in [9.17, 15) is 4.79 Å². The fourth-order valence-corrected chi connectivity index (χ4v) is 3.64. The number of carbonyl (C=O) groups excluding carboxylic acids is 1. The van der Waals surface area contributed by atoms with Gasteiger partial charge in [0.05, 0.1) is 12.7 Å². The number of methoxy groups -OCH3 is 1. The van der Waals surface area contributed by atoms with Crippen molar-refractivity contribution in [1.29, 1.82) is 0 Å². The standard InChI is InChI=1S/C18H16O3/c1-20-17(19)12-7-8-14-13-5-2-3-6-15(13)18(16(14)11-12)9-4-10-21-18/h2-3,5-8,11H,4,9-10H2,1H3. The van der Waals surface area contributed by atoms with Crippen LogP contribution < -0.4 is 0 Å². The van der Waals surface area contributed by atoms with Crippen LogP contribution in [-0.2, 0) is 15.1 Å². The van der Waals surface area contributed by atoms with E-state index in [1.807, 2.05) is 24.3 Å². The third kappa shape index (κ3) is 1.61. The van der Waals surface area contributed by atoms with Crippen LogP contribution in [0.25, 0.3) is 11.1 Å². The first kappa shape index (κ1) is 12.6. The molecule has 1 saturated heterocycles. The molecular weight excluding hydrogens is 264 g/mol. The van der Waals surface area contributed by atoms with Gasteiger partial charge in [-0.05, 0) is 47.2 Å². The van der Waals surface area contributed by atoms with Crippen LogP contribution in [0.3, 0.4) is 0 Å². The molecule has 0 N–H and O–H groups in total. The summed E-state index contributed by atoms with van der Waals surface area (Å²) in [5.74, 6) is -0.304. The summed E-state index contributed by atoms with van der Waals surface area (Å²) in [4.78, 5) is 11.8.